The summed E-state index contributed by atoms with van der Waals surface area (Å²) in [6.45, 7) is 4.96. The maximum Gasteiger partial charge on any atom is 0.128 e. The molecule has 2 nitrogen and oxygen atoms in total. The summed E-state index contributed by atoms with van der Waals surface area (Å²) in [6.07, 6.45) is 2.42. The Morgan fingerprint density at radius 1 is 1.42 bits per heavy atom. The fraction of sp³-hybridized carbons (Fsp3) is 0.600. The summed E-state index contributed by atoms with van der Waals surface area (Å²) >= 11 is 0. The molecule has 19 heavy (non-hydrogen) atoms. The average molecular weight is 268 g/mol. The molecule has 0 spiro atoms. The summed E-state index contributed by atoms with van der Waals surface area (Å²) < 4.78 is 26.8. The normalized spacial score (nSPS) is 22.4. The quantitative estimate of drug-likeness (QED) is 0.903. The summed E-state index contributed by atoms with van der Waals surface area (Å²) in [6, 6.07) is 3.46. The predicted octanol–water partition coefficient (Wildman–Crippen LogP) is 2.96. The van der Waals surface area contributed by atoms with E-state index in [9.17, 15) is 8.78 Å². The van der Waals surface area contributed by atoms with Crippen LogP contribution in [0.15, 0.2) is 18.2 Å². The molecular formula is C15H22F2N2. The van der Waals surface area contributed by atoms with E-state index < -0.39 is 0 Å². The van der Waals surface area contributed by atoms with Crippen LogP contribution >= 0.6 is 0 Å². The molecule has 1 saturated heterocycles. The number of piperidine rings is 1. The molecule has 1 aliphatic rings. The van der Waals surface area contributed by atoms with Crippen molar-refractivity contribution in [2.24, 2.45) is 5.92 Å². The molecule has 1 aromatic rings. The molecule has 2 unspecified atom stereocenters. The van der Waals surface area contributed by atoms with Crippen molar-refractivity contribution >= 4 is 0 Å². The van der Waals surface area contributed by atoms with Crippen molar-refractivity contribution in [1.82, 2.24) is 10.2 Å². The molecule has 2 rings (SSSR count). The Morgan fingerprint density at radius 2 is 2.21 bits per heavy atom. The third kappa shape index (κ3) is 3.98. The molecular weight excluding hydrogens is 246 g/mol. The molecule has 1 aromatic carbocycles. The second-order valence-electron chi connectivity index (χ2n) is 5.57. The van der Waals surface area contributed by atoms with Crippen molar-refractivity contribution in [3.63, 3.8) is 0 Å². The van der Waals surface area contributed by atoms with Gasteiger partial charge in [0.05, 0.1) is 0 Å². The lowest BCUT2D eigenvalue weighted by atomic mass is 9.97. The molecule has 0 amide bonds. The Balaban J connectivity index is 1.90. The molecule has 0 radical (unpaired) electrons. The van der Waals surface area contributed by atoms with Crippen LogP contribution in [0.25, 0.3) is 0 Å². The molecule has 1 fully saturated rings. The lowest BCUT2D eigenvalue weighted by Crippen LogP contribution is -2.38. The zero-order chi connectivity index (χ0) is 13.8. The molecule has 1 heterocycles. The van der Waals surface area contributed by atoms with Gasteiger partial charge in [-0.3, -0.25) is 0 Å². The minimum atomic E-state index is -0.387. The second-order valence-corrected chi connectivity index (χ2v) is 5.57. The number of rotatable bonds is 4. The minimum absolute atomic E-state index is 0.164. The maximum atomic E-state index is 13.6. The van der Waals surface area contributed by atoms with E-state index in [1.807, 2.05) is 6.92 Å². The third-order valence-corrected chi connectivity index (χ3v) is 3.86. The maximum absolute atomic E-state index is 13.6. The molecule has 0 aromatic heterocycles. The van der Waals surface area contributed by atoms with Gasteiger partial charge in [0.1, 0.15) is 11.6 Å². The van der Waals surface area contributed by atoms with Gasteiger partial charge in [0.25, 0.3) is 0 Å². The Bertz CT molecular complexity index is 423. The first-order valence-corrected chi connectivity index (χ1v) is 6.93. The van der Waals surface area contributed by atoms with Crippen LogP contribution in [0.3, 0.4) is 0 Å². The third-order valence-electron chi connectivity index (χ3n) is 3.86. The van der Waals surface area contributed by atoms with Crippen molar-refractivity contribution < 1.29 is 8.78 Å². The van der Waals surface area contributed by atoms with Crippen molar-refractivity contribution in [2.75, 3.05) is 26.7 Å². The summed E-state index contributed by atoms with van der Waals surface area (Å²) in [5, 5.41) is 3.32. The van der Waals surface area contributed by atoms with Gasteiger partial charge in [-0.05, 0) is 64.0 Å². The van der Waals surface area contributed by atoms with Crippen LogP contribution in [-0.4, -0.2) is 31.6 Å². The highest BCUT2D eigenvalue weighted by molar-refractivity contribution is 5.21. The zero-order valence-electron chi connectivity index (χ0n) is 11.6. The highest BCUT2D eigenvalue weighted by atomic mass is 19.1. The van der Waals surface area contributed by atoms with Crippen molar-refractivity contribution in [3.8, 4) is 0 Å². The van der Waals surface area contributed by atoms with E-state index in [0.29, 0.717) is 11.5 Å². The Hall–Kier alpha value is -1.00. The number of likely N-dealkylation sites (tertiary alicyclic amines) is 1. The van der Waals surface area contributed by atoms with E-state index >= 15 is 0 Å². The first kappa shape index (κ1) is 14.4. The summed E-state index contributed by atoms with van der Waals surface area (Å²) in [4.78, 5) is 2.32. The highest BCUT2D eigenvalue weighted by Gasteiger charge is 2.18. The topological polar surface area (TPSA) is 15.3 Å². The van der Waals surface area contributed by atoms with E-state index in [1.54, 1.807) is 0 Å². The van der Waals surface area contributed by atoms with E-state index in [2.05, 4.69) is 17.3 Å². The number of hydrogen-bond acceptors (Lipinski definition) is 2. The van der Waals surface area contributed by atoms with Crippen molar-refractivity contribution in [1.29, 1.82) is 0 Å². The van der Waals surface area contributed by atoms with Gasteiger partial charge < -0.3 is 10.2 Å². The predicted molar refractivity (Wildman–Crippen MR) is 73.0 cm³/mol. The van der Waals surface area contributed by atoms with Crippen LogP contribution in [0.2, 0.25) is 0 Å². The molecule has 0 aliphatic carbocycles. The van der Waals surface area contributed by atoms with E-state index in [4.69, 9.17) is 0 Å². The number of nitrogens with zero attached hydrogens (tertiary/aromatic N) is 1. The van der Waals surface area contributed by atoms with Crippen LogP contribution in [0, 0.1) is 17.6 Å². The zero-order valence-corrected chi connectivity index (χ0v) is 11.6. The number of nitrogens with one attached hydrogen (secondary N) is 1. The fourth-order valence-electron chi connectivity index (χ4n) is 2.74. The van der Waals surface area contributed by atoms with Gasteiger partial charge in [0.15, 0.2) is 0 Å². The SMILES string of the molecule is CC(NCC1CCCN(C)C1)c1cc(F)ccc1F. The minimum Gasteiger partial charge on any atom is -0.310 e. The summed E-state index contributed by atoms with van der Waals surface area (Å²) in [7, 11) is 2.13. The lowest BCUT2D eigenvalue weighted by molar-refractivity contribution is 0.203. The fourth-order valence-corrected chi connectivity index (χ4v) is 2.74. The van der Waals surface area contributed by atoms with Gasteiger partial charge in [0.2, 0.25) is 0 Å². The summed E-state index contributed by atoms with van der Waals surface area (Å²) in [5.41, 5.74) is 0.407. The van der Waals surface area contributed by atoms with Gasteiger partial charge in [-0.2, -0.15) is 0 Å². The molecule has 2 atom stereocenters. The molecule has 1 N–H and O–H groups in total. The molecule has 0 bridgehead atoms. The van der Waals surface area contributed by atoms with Crippen LogP contribution < -0.4 is 5.32 Å². The molecule has 0 saturated carbocycles. The van der Waals surface area contributed by atoms with Gasteiger partial charge >= 0.3 is 0 Å². The molecule has 4 heteroatoms. The molecule has 1 aliphatic heterocycles. The van der Waals surface area contributed by atoms with E-state index in [1.165, 1.54) is 25.0 Å². The van der Waals surface area contributed by atoms with Crippen LogP contribution in [0.5, 0.6) is 0 Å². The van der Waals surface area contributed by atoms with Gasteiger partial charge in [-0.1, -0.05) is 0 Å². The first-order valence-electron chi connectivity index (χ1n) is 6.93. The first-order chi connectivity index (χ1) is 9.06. The highest BCUT2D eigenvalue weighted by Crippen LogP contribution is 2.20. The second kappa shape index (κ2) is 6.44. The van der Waals surface area contributed by atoms with Crippen LogP contribution in [0.1, 0.15) is 31.4 Å². The van der Waals surface area contributed by atoms with Crippen LogP contribution in [-0.2, 0) is 0 Å². The number of hydrogen-bond donors (Lipinski definition) is 1. The Labute approximate surface area is 113 Å². The average Bonchev–Trinajstić information content (AvgIpc) is 2.39. The van der Waals surface area contributed by atoms with Crippen molar-refractivity contribution in [2.45, 2.75) is 25.8 Å². The standard InChI is InChI=1S/C15H22F2N2/c1-11(14-8-13(16)5-6-15(14)17)18-9-12-4-3-7-19(2)10-12/h5-6,8,11-12,18H,3-4,7,9-10H2,1-2H3. The van der Waals surface area contributed by atoms with Gasteiger partial charge in [0, 0.05) is 18.2 Å². The number of benzene rings is 1. The van der Waals surface area contributed by atoms with Gasteiger partial charge in [-0.25, -0.2) is 8.78 Å². The Kier molecular flexibility index (Phi) is 4.88. The lowest BCUT2D eigenvalue weighted by Gasteiger charge is -2.30. The monoisotopic (exact) mass is 268 g/mol. The summed E-state index contributed by atoms with van der Waals surface area (Å²) in [5.74, 6) is -0.137. The van der Waals surface area contributed by atoms with Gasteiger partial charge in [-0.15, -0.1) is 0 Å². The smallest absolute Gasteiger partial charge is 0.128 e. The molecule has 106 valence electrons. The number of halogens is 2. The van der Waals surface area contributed by atoms with E-state index in [-0.39, 0.29) is 17.7 Å². The van der Waals surface area contributed by atoms with Crippen molar-refractivity contribution in [3.05, 3.63) is 35.4 Å². The van der Waals surface area contributed by atoms with Crippen LogP contribution in [0.4, 0.5) is 8.78 Å². The largest absolute Gasteiger partial charge is 0.310 e. The van der Waals surface area contributed by atoms with E-state index in [0.717, 1.165) is 25.7 Å². The Morgan fingerprint density at radius 3 is 2.95 bits per heavy atom.